The van der Waals surface area contributed by atoms with E-state index in [1.165, 1.54) is 0 Å². The van der Waals surface area contributed by atoms with Crippen molar-refractivity contribution in [1.82, 2.24) is 0 Å². The number of carbonyl (C=O) groups is 1. The lowest BCUT2D eigenvalue weighted by Gasteiger charge is -2.05. The molecule has 1 aromatic rings. The number of nitrogens with one attached hydrogen (secondary N) is 1. The molecule has 0 unspecified atom stereocenters. The Morgan fingerprint density at radius 3 is 2.47 bits per heavy atom. The SMILES string of the molecule is CC(=O)c1ccc(NCCCCN)cc1. The molecule has 0 bridgehead atoms. The molecule has 0 aliphatic carbocycles. The van der Waals surface area contributed by atoms with Crippen molar-refractivity contribution in [2.24, 2.45) is 5.73 Å². The van der Waals surface area contributed by atoms with Gasteiger partial charge in [-0.3, -0.25) is 4.79 Å². The fourth-order valence-corrected chi connectivity index (χ4v) is 1.32. The van der Waals surface area contributed by atoms with Gasteiger partial charge < -0.3 is 11.1 Å². The Kier molecular flexibility index (Phi) is 4.84. The fourth-order valence-electron chi connectivity index (χ4n) is 1.32. The summed E-state index contributed by atoms with van der Waals surface area (Å²) in [5.41, 5.74) is 7.20. The molecule has 0 fully saturated rings. The van der Waals surface area contributed by atoms with E-state index in [0.717, 1.165) is 37.2 Å². The van der Waals surface area contributed by atoms with E-state index in [1.54, 1.807) is 6.92 Å². The van der Waals surface area contributed by atoms with E-state index in [0.29, 0.717) is 0 Å². The van der Waals surface area contributed by atoms with Crippen molar-refractivity contribution in [2.75, 3.05) is 18.4 Å². The molecular weight excluding hydrogens is 188 g/mol. The summed E-state index contributed by atoms with van der Waals surface area (Å²) in [6.07, 6.45) is 2.11. The number of unbranched alkanes of at least 4 members (excludes halogenated alkanes) is 1. The number of hydrogen-bond donors (Lipinski definition) is 2. The Morgan fingerprint density at radius 1 is 1.27 bits per heavy atom. The van der Waals surface area contributed by atoms with Gasteiger partial charge in [0, 0.05) is 17.8 Å². The van der Waals surface area contributed by atoms with Crippen LogP contribution in [0.3, 0.4) is 0 Å². The summed E-state index contributed by atoms with van der Waals surface area (Å²) >= 11 is 0. The van der Waals surface area contributed by atoms with E-state index >= 15 is 0 Å². The molecule has 0 heterocycles. The molecule has 3 nitrogen and oxygen atoms in total. The number of carbonyl (C=O) groups excluding carboxylic acids is 1. The summed E-state index contributed by atoms with van der Waals surface area (Å²) in [6.45, 7) is 3.24. The standard InChI is InChI=1S/C12H18N2O/c1-10(15)11-4-6-12(7-5-11)14-9-3-2-8-13/h4-7,14H,2-3,8-9,13H2,1H3. The Morgan fingerprint density at radius 2 is 1.93 bits per heavy atom. The number of benzene rings is 1. The molecule has 82 valence electrons. The molecule has 0 aliphatic heterocycles. The van der Waals surface area contributed by atoms with Gasteiger partial charge in [0.2, 0.25) is 0 Å². The van der Waals surface area contributed by atoms with Crippen molar-refractivity contribution in [3.05, 3.63) is 29.8 Å². The minimum absolute atomic E-state index is 0.102. The molecule has 0 saturated heterocycles. The third-order valence-electron chi connectivity index (χ3n) is 2.25. The Labute approximate surface area is 90.7 Å². The van der Waals surface area contributed by atoms with E-state index in [1.807, 2.05) is 24.3 Å². The van der Waals surface area contributed by atoms with E-state index in [9.17, 15) is 4.79 Å². The molecule has 0 aromatic heterocycles. The average molecular weight is 206 g/mol. The van der Waals surface area contributed by atoms with Gasteiger partial charge in [-0.1, -0.05) is 0 Å². The highest BCUT2D eigenvalue weighted by atomic mass is 16.1. The lowest BCUT2D eigenvalue weighted by atomic mass is 10.1. The lowest BCUT2D eigenvalue weighted by Crippen LogP contribution is -2.05. The van der Waals surface area contributed by atoms with Crippen LogP contribution in [0, 0.1) is 0 Å². The molecule has 3 heteroatoms. The molecule has 3 N–H and O–H groups in total. The van der Waals surface area contributed by atoms with Gasteiger partial charge in [-0.2, -0.15) is 0 Å². The summed E-state index contributed by atoms with van der Waals surface area (Å²) < 4.78 is 0. The predicted octanol–water partition coefficient (Wildman–Crippen LogP) is 2.04. The van der Waals surface area contributed by atoms with Crippen LogP contribution in [0.4, 0.5) is 5.69 Å². The van der Waals surface area contributed by atoms with Crippen LogP contribution >= 0.6 is 0 Å². The van der Waals surface area contributed by atoms with Crippen molar-refractivity contribution in [3.63, 3.8) is 0 Å². The third-order valence-corrected chi connectivity index (χ3v) is 2.25. The Balaban J connectivity index is 2.39. The number of ketones is 1. The van der Waals surface area contributed by atoms with Crippen LogP contribution in [0.5, 0.6) is 0 Å². The smallest absolute Gasteiger partial charge is 0.159 e. The highest BCUT2D eigenvalue weighted by Crippen LogP contribution is 2.09. The monoisotopic (exact) mass is 206 g/mol. The second-order valence-corrected chi connectivity index (χ2v) is 3.56. The van der Waals surface area contributed by atoms with E-state index in [-0.39, 0.29) is 5.78 Å². The number of hydrogen-bond acceptors (Lipinski definition) is 3. The summed E-state index contributed by atoms with van der Waals surface area (Å²) in [5.74, 6) is 0.102. The van der Waals surface area contributed by atoms with Gasteiger partial charge in [-0.25, -0.2) is 0 Å². The van der Waals surface area contributed by atoms with Gasteiger partial charge in [-0.05, 0) is 50.6 Å². The highest BCUT2D eigenvalue weighted by Gasteiger charge is 1.97. The topological polar surface area (TPSA) is 55.1 Å². The number of rotatable bonds is 6. The van der Waals surface area contributed by atoms with Gasteiger partial charge in [0.25, 0.3) is 0 Å². The zero-order chi connectivity index (χ0) is 11.1. The van der Waals surface area contributed by atoms with Gasteiger partial charge >= 0.3 is 0 Å². The molecule has 0 aliphatic rings. The molecule has 0 spiro atoms. The molecule has 0 atom stereocenters. The maximum Gasteiger partial charge on any atom is 0.159 e. The molecule has 15 heavy (non-hydrogen) atoms. The summed E-state index contributed by atoms with van der Waals surface area (Å²) in [4.78, 5) is 11.0. The van der Waals surface area contributed by atoms with Crippen molar-refractivity contribution in [1.29, 1.82) is 0 Å². The van der Waals surface area contributed by atoms with Crippen LogP contribution in [-0.4, -0.2) is 18.9 Å². The summed E-state index contributed by atoms with van der Waals surface area (Å²) in [5, 5.41) is 3.28. The molecule has 1 aromatic carbocycles. The lowest BCUT2D eigenvalue weighted by molar-refractivity contribution is 0.101. The first-order valence-electron chi connectivity index (χ1n) is 5.29. The first-order chi connectivity index (χ1) is 7.24. The van der Waals surface area contributed by atoms with Crippen molar-refractivity contribution in [2.45, 2.75) is 19.8 Å². The van der Waals surface area contributed by atoms with Crippen LogP contribution in [-0.2, 0) is 0 Å². The van der Waals surface area contributed by atoms with Crippen molar-refractivity contribution in [3.8, 4) is 0 Å². The predicted molar refractivity (Wildman–Crippen MR) is 63.2 cm³/mol. The van der Waals surface area contributed by atoms with Crippen molar-refractivity contribution < 1.29 is 4.79 Å². The highest BCUT2D eigenvalue weighted by molar-refractivity contribution is 5.94. The third kappa shape index (κ3) is 4.13. The van der Waals surface area contributed by atoms with Gasteiger partial charge in [0.1, 0.15) is 0 Å². The Bertz CT molecular complexity index is 306. The Hall–Kier alpha value is -1.35. The van der Waals surface area contributed by atoms with E-state index in [4.69, 9.17) is 5.73 Å². The van der Waals surface area contributed by atoms with Crippen LogP contribution in [0.2, 0.25) is 0 Å². The van der Waals surface area contributed by atoms with Gasteiger partial charge in [0.05, 0.1) is 0 Å². The first-order valence-corrected chi connectivity index (χ1v) is 5.29. The van der Waals surface area contributed by atoms with Crippen LogP contribution in [0.1, 0.15) is 30.1 Å². The molecular formula is C12H18N2O. The largest absolute Gasteiger partial charge is 0.385 e. The number of anilines is 1. The fraction of sp³-hybridized carbons (Fsp3) is 0.417. The summed E-state index contributed by atoms with van der Waals surface area (Å²) in [7, 11) is 0. The van der Waals surface area contributed by atoms with Gasteiger partial charge in [0.15, 0.2) is 5.78 Å². The minimum atomic E-state index is 0.102. The van der Waals surface area contributed by atoms with Crippen LogP contribution < -0.4 is 11.1 Å². The maximum atomic E-state index is 11.0. The molecule has 1 rings (SSSR count). The van der Waals surface area contributed by atoms with Crippen LogP contribution in [0.25, 0.3) is 0 Å². The number of Topliss-reactive ketones (excluding diaryl/α,β-unsaturated/α-hetero) is 1. The van der Waals surface area contributed by atoms with Crippen molar-refractivity contribution >= 4 is 11.5 Å². The average Bonchev–Trinajstić information content (AvgIpc) is 2.25. The minimum Gasteiger partial charge on any atom is -0.385 e. The second-order valence-electron chi connectivity index (χ2n) is 3.56. The zero-order valence-electron chi connectivity index (χ0n) is 9.12. The zero-order valence-corrected chi connectivity index (χ0v) is 9.12. The van der Waals surface area contributed by atoms with Gasteiger partial charge in [-0.15, -0.1) is 0 Å². The molecule has 0 saturated carbocycles. The molecule has 0 radical (unpaired) electrons. The van der Waals surface area contributed by atoms with Crippen LogP contribution in [0.15, 0.2) is 24.3 Å². The summed E-state index contributed by atoms with van der Waals surface area (Å²) in [6, 6.07) is 7.54. The quantitative estimate of drug-likeness (QED) is 0.553. The van der Waals surface area contributed by atoms with E-state index in [2.05, 4.69) is 5.32 Å². The van der Waals surface area contributed by atoms with E-state index < -0.39 is 0 Å². The molecule has 0 amide bonds. The maximum absolute atomic E-state index is 11.0. The normalized spacial score (nSPS) is 10.0. The first kappa shape index (κ1) is 11.7. The second kappa shape index (κ2) is 6.19. The number of nitrogens with two attached hydrogens (primary N) is 1.